The fourth-order valence-corrected chi connectivity index (χ4v) is 2.96. The highest BCUT2D eigenvalue weighted by molar-refractivity contribution is 7.89. The van der Waals surface area contributed by atoms with Crippen molar-refractivity contribution in [3.05, 3.63) is 48.2 Å². The Morgan fingerprint density at radius 2 is 1.92 bits per heavy atom. The SMILES string of the molecule is CC(c1ccccc1)n1nccc1NC(=O)NCCS(=O)(=O)N(C)C. The maximum Gasteiger partial charge on any atom is 0.320 e. The minimum Gasteiger partial charge on any atom is -0.337 e. The summed E-state index contributed by atoms with van der Waals surface area (Å²) in [5, 5.41) is 9.50. The van der Waals surface area contributed by atoms with Crippen LogP contribution in [0.3, 0.4) is 0 Å². The summed E-state index contributed by atoms with van der Waals surface area (Å²) < 4.78 is 26.2. The van der Waals surface area contributed by atoms with Crippen molar-refractivity contribution < 1.29 is 13.2 Å². The number of amides is 2. The van der Waals surface area contributed by atoms with Crippen molar-refractivity contribution in [3.63, 3.8) is 0 Å². The number of hydrogen-bond donors (Lipinski definition) is 2. The third kappa shape index (κ3) is 5.04. The van der Waals surface area contributed by atoms with Crippen LogP contribution >= 0.6 is 0 Å². The van der Waals surface area contributed by atoms with Gasteiger partial charge in [0.15, 0.2) is 0 Å². The van der Waals surface area contributed by atoms with E-state index in [1.807, 2.05) is 37.3 Å². The van der Waals surface area contributed by atoms with Crippen LogP contribution in [0.5, 0.6) is 0 Å². The van der Waals surface area contributed by atoms with Gasteiger partial charge < -0.3 is 5.32 Å². The Morgan fingerprint density at radius 1 is 1.24 bits per heavy atom. The molecule has 0 aliphatic carbocycles. The Labute approximate surface area is 147 Å². The van der Waals surface area contributed by atoms with Gasteiger partial charge in [-0.1, -0.05) is 30.3 Å². The highest BCUT2D eigenvalue weighted by atomic mass is 32.2. The second-order valence-electron chi connectivity index (χ2n) is 5.73. The molecule has 2 amide bonds. The van der Waals surface area contributed by atoms with Gasteiger partial charge >= 0.3 is 6.03 Å². The molecule has 0 aliphatic heterocycles. The van der Waals surface area contributed by atoms with E-state index in [-0.39, 0.29) is 18.3 Å². The second-order valence-corrected chi connectivity index (χ2v) is 8.03. The highest BCUT2D eigenvalue weighted by Gasteiger charge is 2.16. The summed E-state index contributed by atoms with van der Waals surface area (Å²) in [6, 6.07) is 11.0. The van der Waals surface area contributed by atoms with Crippen LogP contribution < -0.4 is 10.6 Å². The molecule has 9 heteroatoms. The van der Waals surface area contributed by atoms with Gasteiger partial charge in [0.05, 0.1) is 18.0 Å². The number of aromatic nitrogens is 2. The van der Waals surface area contributed by atoms with Gasteiger partial charge in [-0.05, 0) is 12.5 Å². The smallest absolute Gasteiger partial charge is 0.320 e. The third-order valence-corrected chi connectivity index (χ3v) is 5.60. The zero-order chi connectivity index (χ0) is 18.4. The molecule has 0 saturated heterocycles. The summed E-state index contributed by atoms with van der Waals surface area (Å²) in [5.74, 6) is 0.372. The van der Waals surface area contributed by atoms with Crippen LogP contribution in [0.15, 0.2) is 42.6 Å². The summed E-state index contributed by atoms with van der Waals surface area (Å²) in [6.07, 6.45) is 1.60. The van der Waals surface area contributed by atoms with E-state index in [2.05, 4.69) is 15.7 Å². The number of anilines is 1. The van der Waals surface area contributed by atoms with Crippen molar-refractivity contribution in [2.75, 3.05) is 31.7 Å². The minimum absolute atomic E-state index is 0.0225. The second kappa shape index (κ2) is 8.13. The van der Waals surface area contributed by atoms with E-state index >= 15 is 0 Å². The third-order valence-electron chi connectivity index (χ3n) is 3.76. The van der Waals surface area contributed by atoms with Crippen molar-refractivity contribution in [1.82, 2.24) is 19.4 Å². The number of sulfonamides is 1. The molecule has 1 aromatic heterocycles. The Hall–Kier alpha value is -2.39. The molecule has 2 N–H and O–H groups in total. The normalized spacial score (nSPS) is 12.8. The monoisotopic (exact) mass is 365 g/mol. The maximum atomic E-state index is 12.0. The highest BCUT2D eigenvalue weighted by Crippen LogP contribution is 2.21. The molecule has 0 saturated carbocycles. The Balaban J connectivity index is 1.96. The molecule has 1 atom stereocenters. The van der Waals surface area contributed by atoms with Gasteiger partial charge in [0.25, 0.3) is 0 Å². The van der Waals surface area contributed by atoms with Crippen molar-refractivity contribution in [1.29, 1.82) is 0 Å². The predicted octanol–water partition coefficient (Wildman–Crippen LogP) is 1.51. The molecule has 25 heavy (non-hydrogen) atoms. The van der Waals surface area contributed by atoms with E-state index in [1.54, 1.807) is 16.9 Å². The van der Waals surface area contributed by atoms with Crippen LogP contribution in [-0.4, -0.2) is 54.9 Å². The van der Waals surface area contributed by atoms with E-state index in [4.69, 9.17) is 0 Å². The van der Waals surface area contributed by atoms with E-state index in [0.717, 1.165) is 9.87 Å². The van der Waals surface area contributed by atoms with Crippen LogP contribution in [0.4, 0.5) is 10.6 Å². The maximum absolute atomic E-state index is 12.0. The molecule has 0 radical (unpaired) electrons. The van der Waals surface area contributed by atoms with E-state index in [0.29, 0.717) is 5.82 Å². The fraction of sp³-hybridized carbons (Fsp3) is 0.375. The number of hydrogen-bond acceptors (Lipinski definition) is 4. The Morgan fingerprint density at radius 3 is 2.56 bits per heavy atom. The number of carbonyl (C=O) groups is 1. The summed E-state index contributed by atoms with van der Waals surface area (Å²) >= 11 is 0. The number of urea groups is 1. The van der Waals surface area contributed by atoms with Crippen molar-refractivity contribution in [2.45, 2.75) is 13.0 Å². The average molecular weight is 365 g/mol. The summed E-state index contributed by atoms with van der Waals surface area (Å²) in [4.78, 5) is 12.0. The number of benzene rings is 1. The first kappa shape index (κ1) is 18.9. The lowest BCUT2D eigenvalue weighted by Crippen LogP contribution is -2.36. The first-order valence-electron chi connectivity index (χ1n) is 7.85. The predicted molar refractivity (Wildman–Crippen MR) is 97.0 cm³/mol. The molecule has 2 aromatic rings. The lowest BCUT2D eigenvalue weighted by atomic mass is 10.1. The van der Waals surface area contributed by atoms with Gasteiger partial charge in [-0.2, -0.15) is 5.10 Å². The number of carbonyl (C=O) groups excluding carboxylic acids is 1. The molecule has 0 spiro atoms. The van der Waals surface area contributed by atoms with E-state index in [9.17, 15) is 13.2 Å². The van der Waals surface area contributed by atoms with Gasteiger partial charge in [0, 0.05) is 26.7 Å². The standard InChI is InChI=1S/C16H23N5O3S/c1-13(14-7-5-4-6-8-14)21-15(9-10-18-21)19-16(22)17-11-12-25(23,24)20(2)3/h4-10,13H,11-12H2,1-3H3,(H2,17,19,22). The molecule has 1 unspecified atom stereocenters. The van der Waals surface area contributed by atoms with Crippen LogP contribution in [0, 0.1) is 0 Å². The topological polar surface area (TPSA) is 96.3 Å². The van der Waals surface area contributed by atoms with Gasteiger partial charge in [0.2, 0.25) is 10.0 Å². The summed E-state index contributed by atoms with van der Waals surface area (Å²) in [6.45, 7) is 2.00. The molecule has 136 valence electrons. The van der Waals surface area contributed by atoms with Crippen molar-refractivity contribution in [3.8, 4) is 0 Å². The molecular formula is C16H23N5O3S. The minimum atomic E-state index is -3.34. The number of rotatable bonds is 7. The van der Waals surface area contributed by atoms with Crippen LogP contribution in [-0.2, 0) is 10.0 Å². The quantitative estimate of drug-likeness (QED) is 0.777. The number of nitrogens with zero attached hydrogens (tertiary/aromatic N) is 3. The summed E-state index contributed by atoms with van der Waals surface area (Å²) in [7, 11) is -0.426. The molecular weight excluding hydrogens is 342 g/mol. The zero-order valence-corrected chi connectivity index (χ0v) is 15.3. The molecule has 1 aromatic carbocycles. The first-order valence-corrected chi connectivity index (χ1v) is 9.45. The van der Waals surface area contributed by atoms with Crippen LogP contribution in [0.2, 0.25) is 0 Å². The molecule has 2 rings (SSSR count). The van der Waals surface area contributed by atoms with Crippen LogP contribution in [0.25, 0.3) is 0 Å². The first-order chi connectivity index (χ1) is 11.8. The van der Waals surface area contributed by atoms with Crippen molar-refractivity contribution in [2.24, 2.45) is 0 Å². The Kier molecular flexibility index (Phi) is 6.16. The molecule has 0 fully saturated rings. The molecule has 0 bridgehead atoms. The van der Waals surface area contributed by atoms with Crippen LogP contribution in [0.1, 0.15) is 18.5 Å². The molecule has 0 aliphatic rings. The zero-order valence-electron chi connectivity index (χ0n) is 14.5. The van der Waals surface area contributed by atoms with Gasteiger partial charge in [-0.25, -0.2) is 22.2 Å². The fourth-order valence-electron chi connectivity index (χ4n) is 2.23. The lowest BCUT2D eigenvalue weighted by molar-refractivity contribution is 0.252. The number of nitrogens with one attached hydrogen (secondary N) is 2. The van der Waals surface area contributed by atoms with Gasteiger partial charge in [-0.3, -0.25) is 5.32 Å². The Bertz CT molecular complexity index is 802. The van der Waals surface area contributed by atoms with Crippen molar-refractivity contribution >= 4 is 21.9 Å². The molecule has 8 nitrogen and oxygen atoms in total. The summed E-state index contributed by atoms with van der Waals surface area (Å²) in [5.41, 5.74) is 1.06. The van der Waals surface area contributed by atoms with Gasteiger partial charge in [-0.15, -0.1) is 0 Å². The average Bonchev–Trinajstić information content (AvgIpc) is 3.02. The van der Waals surface area contributed by atoms with Gasteiger partial charge in [0.1, 0.15) is 5.82 Å². The van der Waals surface area contributed by atoms with E-state index < -0.39 is 16.1 Å². The lowest BCUT2D eigenvalue weighted by Gasteiger charge is -2.17. The molecule has 1 heterocycles. The van der Waals surface area contributed by atoms with E-state index in [1.165, 1.54) is 14.1 Å². The largest absolute Gasteiger partial charge is 0.337 e.